The highest BCUT2D eigenvalue weighted by atomic mass is 35.5. The summed E-state index contributed by atoms with van der Waals surface area (Å²) >= 11 is 1.51. The van der Waals surface area contributed by atoms with Crippen LogP contribution in [-0.4, -0.2) is 21.7 Å². The van der Waals surface area contributed by atoms with E-state index in [1.54, 1.807) is 11.6 Å². The van der Waals surface area contributed by atoms with E-state index in [0.717, 1.165) is 27.0 Å². The fourth-order valence-electron chi connectivity index (χ4n) is 1.75. The molecule has 2 heterocycles. The van der Waals surface area contributed by atoms with E-state index in [2.05, 4.69) is 10.1 Å². The number of halogens is 1. The average Bonchev–Trinajstić information content (AvgIpc) is 2.96. The van der Waals surface area contributed by atoms with Crippen molar-refractivity contribution >= 4 is 28.7 Å². The molecular weight excluding hydrogens is 284 g/mol. The Balaban J connectivity index is 0.00000133. The van der Waals surface area contributed by atoms with E-state index < -0.39 is 0 Å². The molecule has 0 saturated heterocycles. The van der Waals surface area contributed by atoms with Gasteiger partial charge in [-0.1, -0.05) is 23.5 Å². The van der Waals surface area contributed by atoms with Crippen LogP contribution in [0.5, 0.6) is 5.75 Å². The number of benzene rings is 1. The van der Waals surface area contributed by atoms with E-state index in [4.69, 9.17) is 10.5 Å². The summed E-state index contributed by atoms with van der Waals surface area (Å²) in [6, 6.07) is 7.81. The van der Waals surface area contributed by atoms with Crippen LogP contribution in [0.1, 0.15) is 5.01 Å². The van der Waals surface area contributed by atoms with Gasteiger partial charge in [-0.15, -0.1) is 12.4 Å². The zero-order valence-corrected chi connectivity index (χ0v) is 11.9. The highest BCUT2D eigenvalue weighted by molar-refractivity contribution is 7.16. The standard InChI is InChI=1S/C12H12N4OS.ClH/c1-17-9-4-2-3-8(5-9)10-7-16-12(14-10)18-11(6-13)15-16;/h2-5,7H,6,13H2,1H3;1H. The third kappa shape index (κ3) is 2.56. The Hall–Kier alpha value is -1.63. The van der Waals surface area contributed by atoms with Gasteiger partial charge in [0.1, 0.15) is 10.8 Å². The molecule has 5 nitrogen and oxygen atoms in total. The maximum atomic E-state index is 5.55. The molecule has 0 radical (unpaired) electrons. The van der Waals surface area contributed by atoms with Gasteiger partial charge in [-0.2, -0.15) is 5.10 Å². The Labute approximate surface area is 120 Å². The Morgan fingerprint density at radius 1 is 1.42 bits per heavy atom. The first-order valence-electron chi connectivity index (χ1n) is 5.50. The summed E-state index contributed by atoms with van der Waals surface area (Å²) in [7, 11) is 1.65. The monoisotopic (exact) mass is 296 g/mol. The van der Waals surface area contributed by atoms with Gasteiger partial charge < -0.3 is 10.5 Å². The lowest BCUT2D eigenvalue weighted by Gasteiger charge is -2.00. The molecule has 3 rings (SSSR count). The van der Waals surface area contributed by atoms with Crippen molar-refractivity contribution in [2.75, 3.05) is 7.11 Å². The van der Waals surface area contributed by atoms with Gasteiger partial charge >= 0.3 is 0 Å². The summed E-state index contributed by atoms with van der Waals surface area (Å²) in [4.78, 5) is 5.39. The molecule has 0 fully saturated rings. The van der Waals surface area contributed by atoms with E-state index in [-0.39, 0.29) is 12.4 Å². The summed E-state index contributed by atoms with van der Waals surface area (Å²) in [5.74, 6) is 0.819. The number of aromatic nitrogens is 3. The van der Waals surface area contributed by atoms with E-state index >= 15 is 0 Å². The first kappa shape index (κ1) is 13.8. The minimum atomic E-state index is 0. The molecule has 1 aromatic carbocycles. The van der Waals surface area contributed by atoms with Crippen molar-refractivity contribution in [1.29, 1.82) is 0 Å². The molecule has 2 aromatic heterocycles. The molecule has 100 valence electrons. The number of hydrogen-bond acceptors (Lipinski definition) is 5. The maximum absolute atomic E-state index is 5.55. The molecule has 0 spiro atoms. The van der Waals surface area contributed by atoms with Crippen LogP contribution < -0.4 is 10.5 Å². The molecule has 2 N–H and O–H groups in total. The Morgan fingerprint density at radius 2 is 2.26 bits per heavy atom. The van der Waals surface area contributed by atoms with Crippen LogP contribution in [0.3, 0.4) is 0 Å². The van der Waals surface area contributed by atoms with Gasteiger partial charge in [0, 0.05) is 12.1 Å². The van der Waals surface area contributed by atoms with Gasteiger partial charge in [0.05, 0.1) is 19.0 Å². The third-order valence-corrected chi connectivity index (χ3v) is 3.57. The molecule has 0 aliphatic carbocycles. The van der Waals surface area contributed by atoms with Crippen molar-refractivity contribution in [2.24, 2.45) is 5.73 Å². The van der Waals surface area contributed by atoms with Gasteiger partial charge in [-0.3, -0.25) is 0 Å². The second-order valence-corrected chi connectivity index (χ2v) is 4.83. The van der Waals surface area contributed by atoms with Crippen LogP contribution in [0.4, 0.5) is 0 Å². The molecule has 0 saturated carbocycles. The summed E-state index contributed by atoms with van der Waals surface area (Å²) in [5, 5.41) is 5.22. The van der Waals surface area contributed by atoms with Crippen LogP contribution >= 0.6 is 23.7 Å². The second kappa shape index (κ2) is 5.56. The lowest BCUT2D eigenvalue weighted by Crippen LogP contribution is -1.95. The van der Waals surface area contributed by atoms with Crippen molar-refractivity contribution in [3.05, 3.63) is 35.5 Å². The van der Waals surface area contributed by atoms with Crippen LogP contribution in [0, 0.1) is 0 Å². The number of hydrogen-bond donors (Lipinski definition) is 1. The molecule has 0 aliphatic heterocycles. The van der Waals surface area contributed by atoms with E-state index in [0.29, 0.717) is 6.54 Å². The number of fused-ring (bicyclic) bond motifs is 1. The first-order valence-corrected chi connectivity index (χ1v) is 6.31. The number of methoxy groups -OCH3 is 1. The topological polar surface area (TPSA) is 65.4 Å². The Kier molecular flexibility index (Phi) is 4.04. The van der Waals surface area contributed by atoms with Crippen molar-refractivity contribution in [1.82, 2.24) is 14.6 Å². The maximum Gasteiger partial charge on any atom is 0.212 e. The predicted molar refractivity (Wildman–Crippen MR) is 78.0 cm³/mol. The fraction of sp³-hybridized carbons (Fsp3) is 0.167. The van der Waals surface area contributed by atoms with Gasteiger partial charge in [-0.05, 0) is 12.1 Å². The second-order valence-electron chi connectivity index (χ2n) is 3.79. The normalized spacial score (nSPS) is 10.4. The van der Waals surface area contributed by atoms with E-state index in [9.17, 15) is 0 Å². The molecule has 3 aromatic rings. The molecule has 19 heavy (non-hydrogen) atoms. The third-order valence-electron chi connectivity index (χ3n) is 2.63. The number of imidazole rings is 1. The summed E-state index contributed by atoms with van der Waals surface area (Å²) in [6.07, 6.45) is 1.90. The molecule has 0 amide bonds. The van der Waals surface area contributed by atoms with Gasteiger partial charge in [0.2, 0.25) is 4.96 Å². The zero-order valence-electron chi connectivity index (χ0n) is 10.2. The quantitative estimate of drug-likeness (QED) is 0.806. The lowest BCUT2D eigenvalue weighted by molar-refractivity contribution is 0.415. The lowest BCUT2D eigenvalue weighted by atomic mass is 10.1. The fourth-order valence-corrected chi connectivity index (χ4v) is 2.50. The minimum Gasteiger partial charge on any atom is -0.497 e. The Morgan fingerprint density at radius 3 is 2.95 bits per heavy atom. The summed E-state index contributed by atoms with van der Waals surface area (Å²) in [6.45, 7) is 0.447. The first-order chi connectivity index (χ1) is 8.80. The molecule has 0 atom stereocenters. The smallest absolute Gasteiger partial charge is 0.212 e. The molecule has 0 bridgehead atoms. The van der Waals surface area contributed by atoms with Crippen LogP contribution in [0.25, 0.3) is 16.2 Å². The highest BCUT2D eigenvalue weighted by Gasteiger charge is 2.09. The molecule has 0 unspecified atom stereocenters. The van der Waals surface area contributed by atoms with Crippen LogP contribution in [-0.2, 0) is 6.54 Å². The van der Waals surface area contributed by atoms with Crippen molar-refractivity contribution < 1.29 is 4.74 Å². The Bertz CT molecular complexity index is 662. The highest BCUT2D eigenvalue weighted by Crippen LogP contribution is 2.25. The van der Waals surface area contributed by atoms with Gasteiger partial charge in [0.15, 0.2) is 0 Å². The number of nitrogens with zero attached hydrogens (tertiary/aromatic N) is 3. The van der Waals surface area contributed by atoms with Crippen LogP contribution in [0.2, 0.25) is 0 Å². The predicted octanol–water partition coefficient (Wildman–Crippen LogP) is 2.35. The van der Waals surface area contributed by atoms with E-state index in [1.807, 2.05) is 30.5 Å². The average molecular weight is 297 g/mol. The summed E-state index contributed by atoms with van der Waals surface area (Å²) in [5.41, 5.74) is 7.45. The van der Waals surface area contributed by atoms with Crippen molar-refractivity contribution in [2.45, 2.75) is 6.54 Å². The number of rotatable bonds is 3. The summed E-state index contributed by atoms with van der Waals surface area (Å²) < 4.78 is 6.97. The molecule has 7 heteroatoms. The van der Waals surface area contributed by atoms with Gasteiger partial charge in [-0.25, -0.2) is 9.50 Å². The van der Waals surface area contributed by atoms with Gasteiger partial charge in [0.25, 0.3) is 0 Å². The van der Waals surface area contributed by atoms with Crippen LogP contribution in [0.15, 0.2) is 30.5 Å². The minimum absolute atomic E-state index is 0. The van der Waals surface area contributed by atoms with E-state index in [1.165, 1.54) is 11.3 Å². The SMILES string of the molecule is COc1cccc(-c2cn3nc(CN)sc3n2)c1.Cl. The number of ether oxygens (including phenoxy) is 1. The molecular formula is C12H13ClN4OS. The van der Waals surface area contributed by atoms with Crippen molar-refractivity contribution in [3.63, 3.8) is 0 Å². The number of nitrogens with two attached hydrogens (primary N) is 1. The molecule has 0 aliphatic rings. The zero-order chi connectivity index (χ0) is 12.5. The van der Waals surface area contributed by atoms with Crippen molar-refractivity contribution in [3.8, 4) is 17.0 Å². The largest absolute Gasteiger partial charge is 0.497 e.